The molecule has 0 aliphatic heterocycles. The van der Waals surface area contributed by atoms with Crippen LogP contribution in [0.5, 0.6) is 5.75 Å². The van der Waals surface area contributed by atoms with Crippen LogP contribution in [0.2, 0.25) is 5.02 Å². The first-order valence-corrected chi connectivity index (χ1v) is 6.52. The first kappa shape index (κ1) is 13.6. The molecule has 3 heteroatoms. The zero-order valence-electron chi connectivity index (χ0n) is 10.9. The Kier molecular flexibility index (Phi) is 4.23. The van der Waals surface area contributed by atoms with Gasteiger partial charge in [0.2, 0.25) is 0 Å². The second kappa shape index (κ2) is 5.89. The quantitative estimate of drug-likeness (QED) is 0.600. The zero-order valence-corrected chi connectivity index (χ0v) is 11.6. The summed E-state index contributed by atoms with van der Waals surface area (Å²) in [5.74, 6) is 0.501. The van der Waals surface area contributed by atoms with Gasteiger partial charge in [-0.1, -0.05) is 49.7 Å². The summed E-state index contributed by atoms with van der Waals surface area (Å²) in [5.41, 5.74) is 1.46. The van der Waals surface area contributed by atoms with Gasteiger partial charge in [-0.2, -0.15) is 0 Å². The SMILES string of the molecule is CC(C)c1ccccc1OC(=O)c1cccc(Cl)c1. The lowest BCUT2D eigenvalue weighted by atomic mass is 10.0. The van der Waals surface area contributed by atoms with Crippen molar-refractivity contribution in [3.05, 3.63) is 64.7 Å². The van der Waals surface area contributed by atoms with Crippen LogP contribution in [0.25, 0.3) is 0 Å². The monoisotopic (exact) mass is 274 g/mol. The summed E-state index contributed by atoms with van der Waals surface area (Å²) < 4.78 is 5.45. The summed E-state index contributed by atoms with van der Waals surface area (Å²) in [6, 6.07) is 14.3. The van der Waals surface area contributed by atoms with Crippen LogP contribution in [0.3, 0.4) is 0 Å². The molecule has 0 radical (unpaired) electrons. The normalized spacial score (nSPS) is 10.5. The number of halogens is 1. The molecule has 2 rings (SSSR count). The molecule has 2 aromatic rings. The zero-order chi connectivity index (χ0) is 13.8. The minimum Gasteiger partial charge on any atom is -0.423 e. The van der Waals surface area contributed by atoms with Crippen LogP contribution in [-0.4, -0.2) is 5.97 Å². The predicted molar refractivity (Wildman–Crippen MR) is 76.9 cm³/mol. The van der Waals surface area contributed by atoms with Crippen molar-refractivity contribution in [2.75, 3.05) is 0 Å². The van der Waals surface area contributed by atoms with E-state index in [1.165, 1.54) is 0 Å². The van der Waals surface area contributed by atoms with Gasteiger partial charge in [-0.05, 0) is 35.7 Å². The van der Waals surface area contributed by atoms with Crippen LogP contribution in [0.4, 0.5) is 0 Å². The number of benzene rings is 2. The highest BCUT2D eigenvalue weighted by Crippen LogP contribution is 2.26. The predicted octanol–water partition coefficient (Wildman–Crippen LogP) is 4.68. The van der Waals surface area contributed by atoms with Crippen LogP contribution >= 0.6 is 11.6 Å². The van der Waals surface area contributed by atoms with Crippen molar-refractivity contribution in [3.8, 4) is 5.75 Å². The smallest absolute Gasteiger partial charge is 0.343 e. The second-order valence-corrected chi connectivity index (χ2v) is 5.03. The topological polar surface area (TPSA) is 26.3 Å². The highest BCUT2D eigenvalue weighted by molar-refractivity contribution is 6.30. The molecule has 2 aromatic carbocycles. The van der Waals surface area contributed by atoms with E-state index in [1.54, 1.807) is 30.3 Å². The van der Waals surface area contributed by atoms with Crippen molar-refractivity contribution >= 4 is 17.6 Å². The number of para-hydroxylation sites is 1. The molecule has 0 spiro atoms. The summed E-state index contributed by atoms with van der Waals surface area (Å²) in [6.45, 7) is 4.12. The molecule has 19 heavy (non-hydrogen) atoms. The first-order valence-electron chi connectivity index (χ1n) is 6.14. The fraction of sp³-hybridized carbons (Fsp3) is 0.188. The van der Waals surface area contributed by atoms with E-state index in [4.69, 9.17) is 16.3 Å². The van der Waals surface area contributed by atoms with Crippen LogP contribution in [0.1, 0.15) is 35.7 Å². The number of ether oxygens (including phenoxy) is 1. The third-order valence-corrected chi connectivity index (χ3v) is 3.04. The van der Waals surface area contributed by atoms with Crippen molar-refractivity contribution in [1.29, 1.82) is 0 Å². The Balaban J connectivity index is 2.24. The summed E-state index contributed by atoms with van der Waals surface area (Å²) in [6.07, 6.45) is 0. The van der Waals surface area contributed by atoms with Gasteiger partial charge in [0.25, 0.3) is 0 Å². The Labute approximate surface area is 118 Å². The average Bonchev–Trinajstić information content (AvgIpc) is 2.39. The maximum atomic E-state index is 12.1. The van der Waals surface area contributed by atoms with Crippen molar-refractivity contribution in [3.63, 3.8) is 0 Å². The van der Waals surface area contributed by atoms with Gasteiger partial charge in [-0.15, -0.1) is 0 Å². The van der Waals surface area contributed by atoms with Crippen molar-refractivity contribution in [1.82, 2.24) is 0 Å². The molecular weight excluding hydrogens is 260 g/mol. The van der Waals surface area contributed by atoms with E-state index in [0.29, 0.717) is 22.3 Å². The number of carbonyl (C=O) groups excluding carboxylic acids is 1. The molecule has 0 amide bonds. The van der Waals surface area contributed by atoms with Gasteiger partial charge in [0, 0.05) is 5.02 Å². The van der Waals surface area contributed by atoms with Crippen LogP contribution in [0.15, 0.2) is 48.5 Å². The molecular formula is C16H15ClO2. The van der Waals surface area contributed by atoms with Gasteiger partial charge in [0.05, 0.1) is 5.56 Å². The molecule has 0 aromatic heterocycles. The number of hydrogen-bond donors (Lipinski definition) is 0. The van der Waals surface area contributed by atoms with Gasteiger partial charge in [0.15, 0.2) is 0 Å². The van der Waals surface area contributed by atoms with E-state index in [-0.39, 0.29) is 0 Å². The van der Waals surface area contributed by atoms with Gasteiger partial charge in [-0.3, -0.25) is 0 Å². The molecule has 0 bridgehead atoms. The summed E-state index contributed by atoms with van der Waals surface area (Å²) in [5, 5.41) is 0.520. The molecule has 0 aliphatic carbocycles. The van der Waals surface area contributed by atoms with E-state index >= 15 is 0 Å². The van der Waals surface area contributed by atoms with Crippen molar-refractivity contribution in [2.24, 2.45) is 0 Å². The largest absolute Gasteiger partial charge is 0.423 e. The van der Waals surface area contributed by atoms with Crippen LogP contribution < -0.4 is 4.74 Å². The van der Waals surface area contributed by atoms with Crippen LogP contribution in [0, 0.1) is 0 Å². The average molecular weight is 275 g/mol. The standard InChI is InChI=1S/C16H15ClO2/c1-11(2)14-8-3-4-9-15(14)19-16(18)12-6-5-7-13(17)10-12/h3-11H,1-2H3. The van der Waals surface area contributed by atoms with E-state index in [1.807, 2.05) is 18.2 Å². The Morgan fingerprint density at radius 2 is 1.84 bits per heavy atom. The van der Waals surface area contributed by atoms with Crippen molar-refractivity contribution in [2.45, 2.75) is 19.8 Å². The third-order valence-electron chi connectivity index (χ3n) is 2.80. The maximum absolute atomic E-state index is 12.1. The van der Waals surface area contributed by atoms with E-state index < -0.39 is 5.97 Å². The molecule has 0 N–H and O–H groups in total. The molecule has 0 atom stereocenters. The molecule has 0 fully saturated rings. The molecule has 2 nitrogen and oxygen atoms in total. The van der Waals surface area contributed by atoms with E-state index in [2.05, 4.69) is 13.8 Å². The fourth-order valence-corrected chi connectivity index (χ4v) is 2.01. The van der Waals surface area contributed by atoms with Crippen LogP contribution in [-0.2, 0) is 0 Å². The van der Waals surface area contributed by atoms with Crippen molar-refractivity contribution < 1.29 is 9.53 Å². The molecule has 0 saturated carbocycles. The lowest BCUT2D eigenvalue weighted by Gasteiger charge is -2.12. The van der Waals surface area contributed by atoms with Gasteiger partial charge < -0.3 is 4.74 Å². The molecule has 0 aliphatic rings. The Bertz CT molecular complexity index is 591. The molecule has 98 valence electrons. The highest BCUT2D eigenvalue weighted by Gasteiger charge is 2.13. The summed E-state index contributed by atoms with van der Waals surface area (Å²) in [7, 11) is 0. The van der Waals surface area contributed by atoms with Gasteiger partial charge in [-0.25, -0.2) is 4.79 Å². The minimum absolute atomic E-state index is 0.295. The lowest BCUT2D eigenvalue weighted by Crippen LogP contribution is -2.10. The Morgan fingerprint density at radius 1 is 1.11 bits per heavy atom. The van der Waals surface area contributed by atoms with E-state index in [9.17, 15) is 4.79 Å². The summed E-state index contributed by atoms with van der Waals surface area (Å²) in [4.78, 5) is 12.1. The Hall–Kier alpha value is -1.80. The number of esters is 1. The van der Waals surface area contributed by atoms with E-state index in [0.717, 1.165) is 5.56 Å². The van der Waals surface area contributed by atoms with Gasteiger partial charge >= 0.3 is 5.97 Å². The first-order chi connectivity index (χ1) is 9.08. The fourth-order valence-electron chi connectivity index (χ4n) is 1.82. The highest BCUT2D eigenvalue weighted by atomic mass is 35.5. The third kappa shape index (κ3) is 3.36. The van der Waals surface area contributed by atoms with Gasteiger partial charge in [0.1, 0.15) is 5.75 Å². The minimum atomic E-state index is -0.393. The molecule has 0 heterocycles. The number of carbonyl (C=O) groups is 1. The molecule has 0 unspecified atom stereocenters. The molecule has 0 saturated heterocycles. The Morgan fingerprint density at radius 3 is 2.53 bits per heavy atom. The lowest BCUT2D eigenvalue weighted by molar-refractivity contribution is 0.0733. The maximum Gasteiger partial charge on any atom is 0.343 e. The number of rotatable bonds is 3. The number of hydrogen-bond acceptors (Lipinski definition) is 2. The second-order valence-electron chi connectivity index (χ2n) is 4.59. The summed E-state index contributed by atoms with van der Waals surface area (Å²) >= 11 is 5.87.